The van der Waals surface area contributed by atoms with Gasteiger partial charge in [-0.3, -0.25) is 4.79 Å². The van der Waals surface area contributed by atoms with E-state index in [4.69, 9.17) is 5.11 Å². The van der Waals surface area contributed by atoms with E-state index in [0.29, 0.717) is 35.7 Å². The van der Waals surface area contributed by atoms with Crippen LogP contribution in [0.4, 0.5) is 13.9 Å². The van der Waals surface area contributed by atoms with Gasteiger partial charge in [0, 0.05) is 18.4 Å². The van der Waals surface area contributed by atoms with Crippen molar-refractivity contribution in [3.63, 3.8) is 0 Å². The molecule has 1 amide bonds. The van der Waals surface area contributed by atoms with E-state index >= 15 is 0 Å². The zero-order valence-electron chi connectivity index (χ0n) is 17.4. The van der Waals surface area contributed by atoms with E-state index in [-0.39, 0.29) is 47.8 Å². The molecule has 174 valence electrons. The van der Waals surface area contributed by atoms with Gasteiger partial charge >= 0.3 is 0 Å². The first kappa shape index (κ1) is 23.3. The fourth-order valence-corrected chi connectivity index (χ4v) is 6.60. The standard InChI is InChI=1S/C22H26F2N2O4S2/c23-19-10-13(11-20(19)24)9-18(21(28)26-22-25-15(7-8-27)12-31-22)14-1-3-16(4-2-14)32(29,30)17-5-6-17/h1-4,12-13,17-20,27H,5-11H2,(H,25,26,28)/t13?,18-,19?,20?/m1/s1. The number of halogens is 2. The molecule has 3 atom stereocenters. The van der Waals surface area contributed by atoms with E-state index in [1.54, 1.807) is 17.5 Å². The summed E-state index contributed by atoms with van der Waals surface area (Å²) in [4.78, 5) is 17.6. The highest BCUT2D eigenvalue weighted by molar-refractivity contribution is 7.92. The Labute approximate surface area is 190 Å². The molecule has 2 N–H and O–H groups in total. The molecule has 1 aromatic heterocycles. The summed E-state index contributed by atoms with van der Waals surface area (Å²) < 4.78 is 52.4. The summed E-state index contributed by atoms with van der Waals surface area (Å²) in [6.45, 7) is -0.0493. The molecule has 2 fully saturated rings. The number of alkyl halides is 2. The summed E-state index contributed by atoms with van der Waals surface area (Å²) in [5, 5.41) is 13.6. The maximum atomic E-state index is 13.7. The number of carbonyl (C=O) groups excluding carboxylic acids is 1. The number of carbonyl (C=O) groups is 1. The topological polar surface area (TPSA) is 96.4 Å². The van der Waals surface area contributed by atoms with Gasteiger partial charge in [0.1, 0.15) is 12.3 Å². The van der Waals surface area contributed by atoms with E-state index in [0.717, 1.165) is 0 Å². The van der Waals surface area contributed by atoms with Crippen LogP contribution in [0.15, 0.2) is 34.5 Å². The van der Waals surface area contributed by atoms with Crippen molar-refractivity contribution in [3.8, 4) is 0 Å². The summed E-state index contributed by atoms with van der Waals surface area (Å²) in [6.07, 6.45) is -0.936. The van der Waals surface area contributed by atoms with E-state index in [1.807, 2.05) is 0 Å². The van der Waals surface area contributed by atoms with E-state index in [9.17, 15) is 22.0 Å². The van der Waals surface area contributed by atoms with Crippen LogP contribution < -0.4 is 5.32 Å². The molecule has 2 saturated carbocycles. The van der Waals surface area contributed by atoms with Gasteiger partial charge in [-0.1, -0.05) is 12.1 Å². The fraction of sp³-hybridized carbons (Fsp3) is 0.545. The van der Waals surface area contributed by atoms with Gasteiger partial charge in [-0.15, -0.1) is 11.3 Å². The van der Waals surface area contributed by atoms with Crippen molar-refractivity contribution >= 4 is 32.2 Å². The molecule has 2 aliphatic rings. The van der Waals surface area contributed by atoms with Crippen LogP contribution in [0.5, 0.6) is 0 Å². The predicted molar refractivity (Wildman–Crippen MR) is 118 cm³/mol. The van der Waals surface area contributed by atoms with Crippen LogP contribution in [-0.2, 0) is 21.1 Å². The van der Waals surface area contributed by atoms with Crippen LogP contribution in [0.1, 0.15) is 49.3 Å². The molecule has 0 aliphatic heterocycles. The molecular weight excluding hydrogens is 458 g/mol. The minimum absolute atomic E-state index is 0.0493. The molecule has 4 rings (SSSR count). The Morgan fingerprint density at radius 1 is 1.19 bits per heavy atom. The van der Waals surface area contributed by atoms with E-state index < -0.39 is 28.1 Å². The Hall–Kier alpha value is -1.91. The number of benzene rings is 1. The molecular formula is C22H26F2N2O4S2. The maximum Gasteiger partial charge on any atom is 0.233 e. The summed E-state index contributed by atoms with van der Waals surface area (Å²) in [6, 6.07) is 6.26. The van der Waals surface area contributed by atoms with Crippen LogP contribution in [-0.4, -0.2) is 48.6 Å². The minimum atomic E-state index is -3.35. The first-order valence-electron chi connectivity index (χ1n) is 10.8. The number of rotatable bonds is 9. The Kier molecular flexibility index (Phi) is 6.92. The maximum absolute atomic E-state index is 13.7. The molecule has 1 heterocycles. The molecule has 32 heavy (non-hydrogen) atoms. The van der Waals surface area contributed by atoms with Crippen LogP contribution in [0.2, 0.25) is 0 Å². The second-order valence-corrected chi connectivity index (χ2v) is 11.7. The van der Waals surface area contributed by atoms with Gasteiger partial charge in [-0.25, -0.2) is 22.2 Å². The van der Waals surface area contributed by atoms with Gasteiger partial charge in [0.2, 0.25) is 5.91 Å². The number of hydrogen-bond acceptors (Lipinski definition) is 6. The average molecular weight is 485 g/mol. The number of nitrogens with one attached hydrogen (secondary N) is 1. The fourth-order valence-electron chi connectivity index (χ4n) is 4.20. The molecule has 10 heteroatoms. The lowest BCUT2D eigenvalue weighted by molar-refractivity contribution is -0.118. The largest absolute Gasteiger partial charge is 0.396 e. The Morgan fingerprint density at radius 3 is 2.44 bits per heavy atom. The Balaban J connectivity index is 1.54. The van der Waals surface area contributed by atoms with Crippen LogP contribution in [0, 0.1) is 5.92 Å². The van der Waals surface area contributed by atoms with E-state index in [2.05, 4.69) is 10.3 Å². The summed E-state index contributed by atoms with van der Waals surface area (Å²) >= 11 is 1.24. The number of hydrogen-bond donors (Lipinski definition) is 2. The molecule has 0 radical (unpaired) electrons. The number of aliphatic hydroxyl groups excluding tert-OH is 1. The monoisotopic (exact) mass is 484 g/mol. The summed E-state index contributed by atoms with van der Waals surface area (Å²) in [7, 11) is -3.35. The highest BCUT2D eigenvalue weighted by atomic mass is 32.2. The third-order valence-corrected chi connectivity index (χ3v) is 9.20. The van der Waals surface area contributed by atoms with Crippen molar-refractivity contribution in [2.75, 3.05) is 11.9 Å². The van der Waals surface area contributed by atoms with Gasteiger partial charge in [0.05, 0.1) is 21.8 Å². The third kappa shape index (κ3) is 5.18. The van der Waals surface area contributed by atoms with Crippen molar-refractivity contribution in [3.05, 3.63) is 40.9 Å². The zero-order chi connectivity index (χ0) is 22.9. The number of sulfone groups is 1. The van der Waals surface area contributed by atoms with Crippen LogP contribution >= 0.6 is 11.3 Å². The van der Waals surface area contributed by atoms with Gasteiger partial charge in [0.25, 0.3) is 0 Å². The first-order valence-corrected chi connectivity index (χ1v) is 13.2. The number of thiazole rings is 1. The average Bonchev–Trinajstić information content (AvgIpc) is 3.47. The van der Waals surface area contributed by atoms with Crippen molar-refractivity contribution < 1.29 is 27.1 Å². The van der Waals surface area contributed by atoms with Crippen LogP contribution in [0.25, 0.3) is 0 Å². The number of aromatic nitrogens is 1. The highest BCUT2D eigenvalue weighted by Crippen LogP contribution is 2.39. The van der Waals surface area contributed by atoms with Crippen molar-refractivity contribution in [1.82, 2.24) is 4.98 Å². The highest BCUT2D eigenvalue weighted by Gasteiger charge is 2.38. The van der Waals surface area contributed by atoms with Gasteiger partial charge in [-0.05, 0) is 55.7 Å². The predicted octanol–water partition coefficient (Wildman–Crippen LogP) is 3.81. The lowest BCUT2D eigenvalue weighted by Crippen LogP contribution is -2.23. The minimum Gasteiger partial charge on any atom is -0.396 e. The van der Waals surface area contributed by atoms with Gasteiger partial charge in [0.15, 0.2) is 15.0 Å². The lowest BCUT2D eigenvalue weighted by Gasteiger charge is -2.20. The SMILES string of the molecule is O=C(Nc1nc(CCO)cs1)[C@H](CC1CC(F)C(F)C1)c1ccc(S(=O)(=O)C2CC2)cc1. The molecule has 6 nitrogen and oxygen atoms in total. The molecule has 0 spiro atoms. The Morgan fingerprint density at radius 2 is 1.84 bits per heavy atom. The molecule has 2 unspecified atom stereocenters. The second kappa shape index (κ2) is 9.52. The molecule has 1 aromatic carbocycles. The quantitative estimate of drug-likeness (QED) is 0.564. The van der Waals surface area contributed by atoms with Crippen molar-refractivity contribution in [2.24, 2.45) is 5.92 Å². The molecule has 0 saturated heterocycles. The Bertz CT molecular complexity index is 1040. The smallest absolute Gasteiger partial charge is 0.233 e. The normalized spacial score (nSPS) is 24.4. The summed E-state index contributed by atoms with van der Waals surface area (Å²) in [5.74, 6) is -1.34. The van der Waals surface area contributed by atoms with E-state index in [1.165, 1.54) is 23.5 Å². The zero-order valence-corrected chi connectivity index (χ0v) is 19.0. The van der Waals surface area contributed by atoms with Crippen molar-refractivity contribution in [2.45, 2.75) is 66.9 Å². The number of aliphatic hydroxyl groups is 1. The molecule has 0 bridgehead atoms. The number of amides is 1. The van der Waals surface area contributed by atoms with Gasteiger partial charge in [-0.2, -0.15) is 0 Å². The number of nitrogens with zero attached hydrogens (tertiary/aromatic N) is 1. The van der Waals surface area contributed by atoms with Crippen molar-refractivity contribution in [1.29, 1.82) is 0 Å². The summed E-state index contributed by atoms with van der Waals surface area (Å²) in [5.41, 5.74) is 1.26. The van der Waals surface area contributed by atoms with Gasteiger partial charge < -0.3 is 10.4 Å². The number of anilines is 1. The molecule has 2 aromatic rings. The second-order valence-electron chi connectivity index (χ2n) is 8.58. The third-order valence-electron chi connectivity index (χ3n) is 6.12. The van der Waals surface area contributed by atoms with Crippen LogP contribution in [0.3, 0.4) is 0 Å². The lowest BCUT2D eigenvalue weighted by atomic mass is 9.87. The molecule has 2 aliphatic carbocycles. The first-order chi connectivity index (χ1) is 15.3.